The maximum Gasteiger partial charge on any atom is 0.267 e. The minimum absolute atomic E-state index is 0.0955. The number of halogens is 1. The van der Waals surface area contributed by atoms with E-state index in [4.69, 9.17) is 0 Å². The molecule has 2 aliphatic rings. The predicted octanol–water partition coefficient (Wildman–Crippen LogP) is 2.33. The van der Waals surface area contributed by atoms with Crippen LogP contribution >= 0.6 is 15.9 Å². The summed E-state index contributed by atoms with van der Waals surface area (Å²) < 4.78 is 2.95. The summed E-state index contributed by atoms with van der Waals surface area (Å²) in [4.78, 5) is 26.0. The number of likely N-dealkylation sites (tertiary alicyclic amines) is 1. The Labute approximate surface area is 132 Å². The molecule has 0 bridgehead atoms. The van der Waals surface area contributed by atoms with E-state index in [-0.39, 0.29) is 11.8 Å². The van der Waals surface area contributed by atoms with Crippen LogP contribution in [0.1, 0.15) is 48.6 Å². The standard InChI is InChI=1S/C15H20BrN3O2/c16-11-9-13(19(10-11)12-3-4-12)15(21)17-6-5-14(20)18-7-1-2-8-18/h9-10,12H,1-8H2,(H,17,21). The third kappa shape index (κ3) is 3.48. The average Bonchev–Trinajstić information content (AvgIpc) is 3.00. The first-order valence-corrected chi connectivity index (χ1v) is 8.38. The van der Waals surface area contributed by atoms with Crippen molar-refractivity contribution < 1.29 is 9.59 Å². The van der Waals surface area contributed by atoms with Gasteiger partial charge in [-0.1, -0.05) is 0 Å². The van der Waals surface area contributed by atoms with E-state index < -0.39 is 0 Å². The van der Waals surface area contributed by atoms with Crippen molar-refractivity contribution >= 4 is 27.7 Å². The lowest BCUT2D eigenvalue weighted by molar-refractivity contribution is -0.129. The molecule has 1 aliphatic heterocycles. The van der Waals surface area contributed by atoms with Crippen LogP contribution < -0.4 is 5.32 Å². The third-order valence-corrected chi connectivity index (χ3v) is 4.50. The van der Waals surface area contributed by atoms with E-state index in [1.54, 1.807) is 0 Å². The van der Waals surface area contributed by atoms with Gasteiger partial charge in [0.15, 0.2) is 0 Å². The molecule has 2 amide bonds. The highest BCUT2D eigenvalue weighted by molar-refractivity contribution is 9.10. The number of rotatable bonds is 5. The lowest BCUT2D eigenvalue weighted by Crippen LogP contribution is -2.33. The summed E-state index contributed by atoms with van der Waals surface area (Å²) in [5.74, 6) is 0.0494. The number of nitrogens with zero attached hydrogens (tertiary/aromatic N) is 2. The van der Waals surface area contributed by atoms with Crippen LogP contribution in [0.15, 0.2) is 16.7 Å². The van der Waals surface area contributed by atoms with Crippen LogP contribution in [0, 0.1) is 0 Å². The van der Waals surface area contributed by atoms with Gasteiger partial charge in [-0.25, -0.2) is 0 Å². The molecule has 2 heterocycles. The topological polar surface area (TPSA) is 54.3 Å². The van der Waals surface area contributed by atoms with Crippen molar-refractivity contribution in [1.82, 2.24) is 14.8 Å². The number of nitrogens with one attached hydrogen (secondary N) is 1. The van der Waals surface area contributed by atoms with Gasteiger partial charge >= 0.3 is 0 Å². The van der Waals surface area contributed by atoms with Crippen molar-refractivity contribution in [2.24, 2.45) is 0 Å². The Morgan fingerprint density at radius 3 is 2.67 bits per heavy atom. The summed E-state index contributed by atoms with van der Waals surface area (Å²) in [6, 6.07) is 2.30. The SMILES string of the molecule is O=C(NCCC(=O)N1CCCC1)c1cc(Br)cn1C1CC1. The Balaban J connectivity index is 1.51. The minimum Gasteiger partial charge on any atom is -0.350 e. The van der Waals surface area contributed by atoms with Gasteiger partial charge in [-0.05, 0) is 47.7 Å². The van der Waals surface area contributed by atoms with Crippen LogP contribution in [0.3, 0.4) is 0 Å². The molecule has 3 rings (SSSR count). The van der Waals surface area contributed by atoms with Crippen molar-refractivity contribution in [3.63, 3.8) is 0 Å². The molecule has 114 valence electrons. The molecule has 1 aromatic heterocycles. The van der Waals surface area contributed by atoms with Gasteiger partial charge in [-0.15, -0.1) is 0 Å². The van der Waals surface area contributed by atoms with E-state index in [1.165, 1.54) is 0 Å². The van der Waals surface area contributed by atoms with Crippen LogP contribution in [0.5, 0.6) is 0 Å². The Bertz CT molecular complexity index is 545. The number of hydrogen-bond donors (Lipinski definition) is 1. The first-order valence-electron chi connectivity index (χ1n) is 7.58. The predicted molar refractivity (Wildman–Crippen MR) is 83.2 cm³/mol. The molecular formula is C15H20BrN3O2. The van der Waals surface area contributed by atoms with Crippen LogP contribution in [-0.4, -0.2) is 40.9 Å². The summed E-state index contributed by atoms with van der Waals surface area (Å²) in [5, 5.41) is 2.86. The second-order valence-corrected chi connectivity index (χ2v) is 6.69. The molecule has 5 nitrogen and oxygen atoms in total. The fourth-order valence-electron chi connectivity index (χ4n) is 2.78. The Hall–Kier alpha value is -1.30. The van der Waals surface area contributed by atoms with Crippen LogP contribution in [-0.2, 0) is 4.79 Å². The maximum atomic E-state index is 12.2. The molecule has 1 N–H and O–H groups in total. The number of carbonyl (C=O) groups excluding carboxylic acids is 2. The average molecular weight is 354 g/mol. The van der Waals surface area contributed by atoms with Gasteiger partial charge in [-0.3, -0.25) is 9.59 Å². The van der Waals surface area contributed by atoms with Crippen molar-refractivity contribution in [2.75, 3.05) is 19.6 Å². The van der Waals surface area contributed by atoms with Crippen molar-refractivity contribution in [2.45, 2.75) is 38.1 Å². The lowest BCUT2D eigenvalue weighted by atomic mass is 10.3. The Morgan fingerprint density at radius 1 is 1.29 bits per heavy atom. The van der Waals surface area contributed by atoms with Gasteiger partial charge in [0.2, 0.25) is 5.91 Å². The van der Waals surface area contributed by atoms with E-state index in [1.807, 2.05) is 21.7 Å². The summed E-state index contributed by atoms with van der Waals surface area (Å²) >= 11 is 3.42. The zero-order valence-corrected chi connectivity index (χ0v) is 13.6. The molecule has 0 atom stereocenters. The summed E-state index contributed by atoms with van der Waals surface area (Å²) in [7, 11) is 0. The third-order valence-electron chi connectivity index (χ3n) is 4.07. The molecule has 1 saturated carbocycles. The fourth-order valence-corrected chi connectivity index (χ4v) is 3.22. The summed E-state index contributed by atoms with van der Waals surface area (Å²) in [6.45, 7) is 2.14. The lowest BCUT2D eigenvalue weighted by Gasteiger charge is -2.15. The van der Waals surface area contributed by atoms with Crippen LogP contribution in [0.4, 0.5) is 0 Å². The summed E-state index contributed by atoms with van der Waals surface area (Å²) in [6.07, 6.45) is 6.81. The highest BCUT2D eigenvalue weighted by Crippen LogP contribution is 2.37. The first kappa shape index (κ1) is 14.6. The minimum atomic E-state index is -0.0955. The van der Waals surface area contributed by atoms with Crippen LogP contribution in [0.25, 0.3) is 0 Å². The van der Waals surface area contributed by atoms with Crippen molar-refractivity contribution in [3.8, 4) is 0 Å². The van der Waals surface area contributed by atoms with Gasteiger partial charge in [0.1, 0.15) is 5.69 Å². The van der Waals surface area contributed by atoms with Gasteiger partial charge in [-0.2, -0.15) is 0 Å². The summed E-state index contributed by atoms with van der Waals surface area (Å²) in [5.41, 5.74) is 0.679. The molecule has 21 heavy (non-hydrogen) atoms. The quantitative estimate of drug-likeness (QED) is 0.883. The Kier molecular flexibility index (Phi) is 4.33. The zero-order valence-electron chi connectivity index (χ0n) is 12.0. The highest BCUT2D eigenvalue weighted by atomic mass is 79.9. The van der Waals surface area contributed by atoms with Crippen molar-refractivity contribution in [1.29, 1.82) is 0 Å². The Morgan fingerprint density at radius 2 is 2.00 bits per heavy atom. The molecule has 0 unspecified atom stereocenters. The maximum absolute atomic E-state index is 12.2. The van der Waals surface area contributed by atoms with Crippen LogP contribution in [0.2, 0.25) is 0 Å². The monoisotopic (exact) mass is 353 g/mol. The smallest absolute Gasteiger partial charge is 0.267 e. The normalized spacial score (nSPS) is 18.0. The van der Waals surface area contributed by atoms with E-state index >= 15 is 0 Å². The number of hydrogen-bond acceptors (Lipinski definition) is 2. The van der Waals surface area contributed by atoms with Gasteiger partial charge in [0.25, 0.3) is 5.91 Å². The molecular weight excluding hydrogens is 334 g/mol. The highest BCUT2D eigenvalue weighted by Gasteiger charge is 2.27. The molecule has 0 radical (unpaired) electrons. The second-order valence-electron chi connectivity index (χ2n) is 5.78. The molecule has 0 spiro atoms. The molecule has 2 fully saturated rings. The van der Waals surface area contributed by atoms with E-state index in [9.17, 15) is 9.59 Å². The number of aromatic nitrogens is 1. The zero-order chi connectivity index (χ0) is 14.8. The number of amides is 2. The number of carbonyl (C=O) groups is 2. The van der Waals surface area contributed by atoms with E-state index in [0.717, 1.165) is 43.2 Å². The first-order chi connectivity index (χ1) is 10.1. The molecule has 1 aliphatic carbocycles. The van der Waals surface area contributed by atoms with Gasteiger partial charge in [0, 0.05) is 42.8 Å². The molecule has 1 aromatic rings. The van der Waals surface area contributed by atoms with E-state index in [2.05, 4.69) is 21.2 Å². The van der Waals surface area contributed by atoms with E-state index in [0.29, 0.717) is 24.7 Å². The van der Waals surface area contributed by atoms with Gasteiger partial charge < -0.3 is 14.8 Å². The molecule has 6 heteroatoms. The fraction of sp³-hybridized carbons (Fsp3) is 0.600. The largest absolute Gasteiger partial charge is 0.350 e. The molecule has 1 saturated heterocycles. The van der Waals surface area contributed by atoms with Gasteiger partial charge in [0.05, 0.1) is 0 Å². The van der Waals surface area contributed by atoms with Crippen molar-refractivity contribution in [3.05, 3.63) is 22.4 Å². The molecule has 0 aromatic carbocycles. The second kappa shape index (κ2) is 6.22.